The first-order chi connectivity index (χ1) is 15.5. The summed E-state index contributed by atoms with van der Waals surface area (Å²) in [5, 5.41) is 11.6. The first-order valence-corrected chi connectivity index (χ1v) is 9.04. The van der Waals surface area contributed by atoms with Gasteiger partial charge in [0.1, 0.15) is 36.3 Å². The van der Waals surface area contributed by atoms with Crippen LogP contribution in [-0.4, -0.2) is 30.4 Å². The maximum Gasteiger partial charge on any atom is 0.267 e. The Morgan fingerprint density at radius 1 is 0.688 bits per heavy atom. The van der Waals surface area contributed by atoms with Crippen LogP contribution in [0.1, 0.15) is 11.4 Å². The highest BCUT2D eigenvalue weighted by Crippen LogP contribution is 2.07. The standard InChI is InChI=1S/2C10H8FN3O2/c2*11-7-1-2-8(12-4-7)6-16-9-3-10(15)14-13-5-9/h2*1-5H,6H2,(H,14,15). The maximum atomic E-state index is 12.5. The second-order valence-corrected chi connectivity index (χ2v) is 6.07. The van der Waals surface area contributed by atoms with E-state index in [1.807, 2.05) is 0 Å². The average Bonchev–Trinajstić information content (AvgIpc) is 2.79. The van der Waals surface area contributed by atoms with Crippen LogP contribution in [0.3, 0.4) is 0 Å². The summed E-state index contributed by atoms with van der Waals surface area (Å²) in [4.78, 5) is 29.4. The number of hydrogen-bond donors (Lipinski definition) is 2. The van der Waals surface area contributed by atoms with Gasteiger partial charge in [-0.25, -0.2) is 19.0 Å². The molecule has 10 nitrogen and oxygen atoms in total. The summed E-state index contributed by atoms with van der Waals surface area (Å²) in [6.45, 7) is 0.316. The van der Waals surface area contributed by atoms with Crippen LogP contribution in [0.5, 0.6) is 11.5 Å². The molecule has 0 spiro atoms. The van der Waals surface area contributed by atoms with Crippen molar-refractivity contribution in [3.63, 3.8) is 0 Å². The largest absolute Gasteiger partial charge is 0.485 e. The zero-order valence-electron chi connectivity index (χ0n) is 16.4. The van der Waals surface area contributed by atoms with Gasteiger partial charge in [-0.2, -0.15) is 10.2 Å². The molecule has 0 saturated heterocycles. The van der Waals surface area contributed by atoms with E-state index >= 15 is 0 Å². The summed E-state index contributed by atoms with van der Waals surface area (Å²) in [6.07, 6.45) is 4.97. The quantitative estimate of drug-likeness (QED) is 0.461. The maximum absolute atomic E-state index is 12.5. The molecule has 164 valence electrons. The lowest BCUT2D eigenvalue weighted by molar-refractivity contribution is 0.298. The Morgan fingerprint density at radius 2 is 1.12 bits per heavy atom. The number of ether oxygens (including phenoxy) is 2. The van der Waals surface area contributed by atoms with Crippen molar-refractivity contribution in [2.45, 2.75) is 13.2 Å². The Kier molecular flexibility index (Phi) is 7.68. The minimum Gasteiger partial charge on any atom is -0.485 e. The Morgan fingerprint density at radius 3 is 1.47 bits per heavy atom. The van der Waals surface area contributed by atoms with Gasteiger partial charge in [-0.15, -0.1) is 0 Å². The number of nitrogens with zero attached hydrogens (tertiary/aromatic N) is 4. The first-order valence-electron chi connectivity index (χ1n) is 9.04. The minimum absolute atomic E-state index is 0.158. The fraction of sp³-hybridized carbons (Fsp3) is 0.100. The Bertz CT molecular complexity index is 1150. The highest BCUT2D eigenvalue weighted by Gasteiger charge is 2.00. The lowest BCUT2D eigenvalue weighted by Crippen LogP contribution is -2.07. The van der Waals surface area contributed by atoms with E-state index in [4.69, 9.17) is 9.47 Å². The topological polar surface area (TPSA) is 136 Å². The average molecular weight is 442 g/mol. The monoisotopic (exact) mass is 442 g/mol. The van der Waals surface area contributed by atoms with E-state index in [1.54, 1.807) is 0 Å². The molecular formula is C20H16F2N6O4. The molecule has 4 aromatic heterocycles. The van der Waals surface area contributed by atoms with Gasteiger partial charge in [0.25, 0.3) is 11.1 Å². The van der Waals surface area contributed by atoms with Gasteiger partial charge in [-0.05, 0) is 24.3 Å². The molecule has 0 bridgehead atoms. The number of rotatable bonds is 6. The third-order valence-corrected chi connectivity index (χ3v) is 3.63. The van der Waals surface area contributed by atoms with Crippen molar-refractivity contribution >= 4 is 0 Å². The van der Waals surface area contributed by atoms with Crippen LogP contribution in [0.4, 0.5) is 8.78 Å². The minimum atomic E-state index is -0.401. The molecule has 0 aromatic carbocycles. The number of aromatic amines is 2. The third kappa shape index (κ3) is 7.40. The van der Waals surface area contributed by atoms with E-state index in [0.29, 0.717) is 22.9 Å². The molecule has 0 amide bonds. The second kappa shape index (κ2) is 11.1. The van der Waals surface area contributed by atoms with Crippen LogP contribution < -0.4 is 20.6 Å². The van der Waals surface area contributed by atoms with Crippen LogP contribution in [0, 0.1) is 11.6 Å². The molecule has 0 aliphatic carbocycles. The number of aromatic nitrogens is 6. The Balaban J connectivity index is 0.000000181. The molecule has 4 rings (SSSR count). The molecule has 4 aromatic rings. The van der Waals surface area contributed by atoms with Crippen molar-refractivity contribution in [1.29, 1.82) is 0 Å². The smallest absolute Gasteiger partial charge is 0.267 e. The van der Waals surface area contributed by atoms with Gasteiger partial charge in [0, 0.05) is 12.1 Å². The Labute approximate surface area is 178 Å². The molecule has 0 radical (unpaired) electrons. The normalized spacial score (nSPS) is 10.1. The summed E-state index contributed by atoms with van der Waals surface area (Å²) >= 11 is 0. The molecule has 0 unspecified atom stereocenters. The number of H-pyrrole nitrogens is 2. The fourth-order valence-corrected chi connectivity index (χ4v) is 2.17. The first kappa shape index (κ1) is 22.2. The molecule has 0 fully saturated rings. The van der Waals surface area contributed by atoms with Crippen molar-refractivity contribution in [2.24, 2.45) is 0 Å². The zero-order valence-corrected chi connectivity index (χ0v) is 16.4. The van der Waals surface area contributed by atoms with Gasteiger partial charge in [0.05, 0.1) is 36.2 Å². The fourth-order valence-electron chi connectivity index (χ4n) is 2.17. The highest BCUT2D eigenvalue weighted by atomic mass is 19.1. The lowest BCUT2D eigenvalue weighted by atomic mass is 10.3. The van der Waals surface area contributed by atoms with Gasteiger partial charge < -0.3 is 9.47 Å². The van der Waals surface area contributed by atoms with E-state index in [1.165, 1.54) is 48.8 Å². The molecule has 12 heteroatoms. The number of hydrogen-bond acceptors (Lipinski definition) is 8. The van der Waals surface area contributed by atoms with E-state index < -0.39 is 11.6 Å². The number of halogens is 2. The van der Waals surface area contributed by atoms with Crippen LogP contribution in [0.2, 0.25) is 0 Å². The molecule has 0 aliphatic heterocycles. The predicted molar refractivity (Wildman–Crippen MR) is 107 cm³/mol. The van der Waals surface area contributed by atoms with Gasteiger partial charge >= 0.3 is 0 Å². The van der Waals surface area contributed by atoms with E-state index in [2.05, 4.69) is 30.4 Å². The Hall–Kier alpha value is -4.48. The van der Waals surface area contributed by atoms with Crippen LogP contribution >= 0.6 is 0 Å². The van der Waals surface area contributed by atoms with Crippen molar-refractivity contribution < 1.29 is 18.3 Å². The summed E-state index contributed by atoms with van der Waals surface area (Å²) in [7, 11) is 0. The molecule has 4 heterocycles. The second-order valence-electron chi connectivity index (χ2n) is 6.07. The van der Waals surface area contributed by atoms with Crippen molar-refractivity contribution in [2.75, 3.05) is 0 Å². The van der Waals surface area contributed by atoms with Crippen LogP contribution in [-0.2, 0) is 13.2 Å². The van der Waals surface area contributed by atoms with Gasteiger partial charge in [0.2, 0.25) is 0 Å². The third-order valence-electron chi connectivity index (χ3n) is 3.63. The number of nitrogens with one attached hydrogen (secondary N) is 2. The zero-order chi connectivity index (χ0) is 22.8. The van der Waals surface area contributed by atoms with Crippen molar-refractivity contribution in [3.05, 3.63) is 105 Å². The van der Waals surface area contributed by atoms with E-state index in [-0.39, 0.29) is 24.3 Å². The van der Waals surface area contributed by atoms with Gasteiger partial charge in [-0.3, -0.25) is 19.6 Å². The van der Waals surface area contributed by atoms with Crippen molar-refractivity contribution in [3.8, 4) is 11.5 Å². The highest BCUT2D eigenvalue weighted by molar-refractivity contribution is 5.15. The van der Waals surface area contributed by atoms with E-state index in [0.717, 1.165) is 12.4 Å². The van der Waals surface area contributed by atoms with Crippen molar-refractivity contribution in [1.82, 2.24) is 30.4 Å². The molecular weight excluding hydrogens is 426 g/mol. The predicted octanol–water partition coefficient (Wildman–Crippen LogP) is 1.77. The lowest BCUT2D eigenvalue weighted by Gasteiger charge is -2.03. The molecule has 0 saturated carbocycles. The van der Waals surface area contributed by atoms with E-state index in [9.17, 15) is 18.4 Å². The summed E-state index contributed by atoms with van der Waals surface area (Å²) < 4.78 is 35.6. The number of pyridine rings is 2. The molecule has 2 N–H and O–H groups in total. The molecule has 32 heavy (non-hydrogen) atoms. The molecule has 0 aliphatic rings. The summed E-state index contributed by atoms with van der Waals surface area (Å²) in [5.41, 5.74) is 0.456. The SMILES string of the molecule is O=c1cc(OCc2ccc(F)cn2)cn[nH]1.O=c1cc(OCc2ccc(F)cn2)cn[nH]1. The van der Waals surface area contributed by atoms with Gasteiger partial charge in [-0.1, -0.05) is 0 Å². The summed E-state index contributed by atoms with van der Waals surface area (Å²) in [6, 6.07) is 8.16. The van der Waals surface area contributed by atoms with Crippen LogP contribution in [0.25, 0.3) is 0 Å². The van der Waals surface area contributed by atoms with Crippen LogP contribution in [0.15, 0.2) is 70.8 Å². The van der Waals surface area contributed by atoms with Gasteiger partial charge in [0.15, 0.2) is 0 Å². The summed E-state index contributed by atoms with van der Waals surface area (Å²) in [5.74, 6) is -0.118. The molecule has 0 atom stereocenters.